The van der Waals surface area contributed by atoms with Gasteiger partial charge >= 0.3 is 5.97 Å². The molecule has 0 heterocycles. The summed E-state index contributed by atoms with van der Waals surface area (Å²) in [5.41, 5.74) is 1.12. The topological polar surface area (TPSA) is 49.3 Å². The molecule has 18 heavy (non-hydrogen) atoms. The maximum atomic E-state index is 11.0. The first-order valence-electron chi connectivity index (χ1n) is 6.27. The van der Waals surface area contributed by atoms with Crippen molar-refractivity contribution in [1.82, 2.24) is 5.32 Å². The third kappa shape index (κ3) is 5.64. The molecule has 0 amide bonds. The summed E-state index contributed by atoms with van der Waals surface area (Å²) in [4.78, 5) is 11.0. The standard InChI is InChI=1S/C15H21NO2/c1-12(2)11-14(15(17)18)16-10-6-9-13-7-4-3-5-8-13/h3-9,12,14,16H,10-11H2,1-2H3,(H,17,18)/b9-6-/t14-/m1/s1. The van der Waals surface area contributed by atoms with Crippen LogP contribution >= 0.6 is 0 Å². The SMILES string of the molecule is CC(C)C[C@@H](NC/C=C\c1ccccc1)C(=O)O. The molecule has 0 bridgehead atoms. The number of carbonyl (C=O) groups is 1. The van der Waals surface area contributed by atoms with Crippen LogP contribution in [-0.2, 0) is 4.79 Å². The highest BCUT2D eigenvalue weighted by Crippen LogP contribution is 2.05. The first-order valence-corrected chi connectivity index (χ1v) is 6.27. The Labute approximate surface area is 109 Å². The van der Waals surface area contributed by atoms with E-state index in [1.165, 1.54) is 0 Å². The normalized spacial score (nSPS) is 13.1. The summed E-state index contributed by atoms with van der Waals surface area (Å²) in [5, 5.41) is 12.1. The Morgan fingerprint density at radius 1 is 1.33 bits per heavy atom. The summed E-state index contributed by atoms with van der Waals surface area (Å²) in [7, 11) is 0. The van der Waals surface area contributed by atoms with E-state index in [4.69, 9.17) is 5.11 Å². The second-order valence-corrected chi connectivity index (χ2v) is 4.74. The van der Waals surface area contributed by atoms with Gasteiger partial charge in [0.1, 0.15) is 6.04 Å². The van der Waals surface area contributed by atoms with Crippen molar-refractivity contribution in [2.75, 3.05) is 6.54 Å². The van der Waals surface area contributed by atoms with Crippen LogP contribution in [0, 0.1) is 5.92 Å². The Hall–Kier alpha value is -1.61. The minimum absolute atomic E-state index is 0.372. The largest absolute Gasteiger partial charge is 0.480 e. The average Bonchev–Trinajstić information content (AvgIpc) is 2.33. The van der Waals surface area contributed by atoms with Crippen LogP contribution in [0.4, 0.5) is 0 Å². The van der Waals surface area contributed by atoms with Gasteiger partial charge in [-0.05, 0) is 17.9 Å². The average molecular weight is 247 g/mol. The van der Waals surface area contributed by atoms with Gasteiger partial charge in [0, 0.05) is 6.54 Å². The molecule has 0 saturated heterocycles. The quantitative estimate of drug-likeness (QED) is 0.779. The van der Waals surface area contributed by atoms with Gasteiger partial charge in [-0.1, -0.05) is 56.3 Å². The second-order valence-electron chi connectivity index (χ2n) is 4.74. The lowest BCUT2D eigenvalue weighted by atomic mass is 10.0. The third-order valence-electron chi connectivity index (χ3n) is 2.60. The van der Waals surface area contributed by atoms with Crippen LogP contribution < -0.4 is 5.32 Å². The number of carboxylic acids is 1. The fraction of sp³-hybridized carbons (Fsp3) is 0.400. The summed E-state index contributed by atoms with van der Waals surface area (Å²) in [5.74, 6) is -0.409. The van der Waals surface area contributed by atoms with Crippen LogP contribution in [0.3, 0.4) is 0 Å². The van der Waals surface area contributed by atoms with Crippen molar-refractivity contribution >= 4 is 12.0 Å². The molecule has 3 heteroatoms. The number of hydrogen-bond donors (Lipinski definition) is 2. The Kier molecular flexibility index (Phi) is 6.15. The fourth-order valence-corrected chi connectivity index (χ4v) is 1.71. The highest BCUT2D eigenvalue weighted by Gasteiger charge is 2.16. The molecular weight excluding hydrogens is 226 g/mol. The molecule has 1 atom stereocenters. The predicted octanol–water partition coefficient (Wildman–Crippen LogP) is 2.79. The maximum absolute atomic E-state index is 11.0. The lowest BCUT2D eigenvalue weighted by Gasteiger charge is -2.15. The predicted molar refractivity (Wildman–Crippen MR) is 74.4 cm³/mol. The van der Waals surface area contributed by atoms with Crippen LogP contribution in [-0.4, -0.2) is 23.7 Å². The first kappa shape index (κ1) is 14.5. The molecule has 0 radical (unpaired) electrons. The lowest BCUT2D eigenvalue weighted by molar-refractivity contribution is -0.139. The van der Waals surface area contributed by atoms with Crippen LogP contribution in [0.15, 0.2) is 36.4 Å². The molecule has 0 aliphatic rings. The van der Waals surface area contributed by atoms with Crippen molar-refractivity contribution in [3.05, 3.63) is 42.0 Å². The van der Waals surface area contributed by atoms with E-state index >= 15 is 0 Å². The summed E-state index contributed by atoms with van der Waals surface area (Å²) in [6, 6.07) is 9.49. The van der Waals surface area contributed by atoms with Gasteiger partial charge in [-0.15, -0.1) is 0 Å². The van der Waals surface area contributed by atoms with Crippen LogP contribution in [0.2, 0.25) is 0 Å². The number of benzene rings is 1. The number of nitrogens with one attached hydrogen (secondary N) is 1. The van der Waals surface area contributed by atoms with Crippen LogP contribution in [0.1, 0.15) is 25.8 Å². The van der Waals surface area contributed by atoms with Crippen LogP contribution in [0.25, 0.3) is 6.08 Å². The Morgan fingerprint density at radius 2 is 2.00 bits per heavy atom. The van der Waals surface area contributed by atoms with Crippen molar-refractivity contribution in [3.8, 4) is 0 Å². The molecule has 98 valence electrons. The first-order chi connectivity index (χ1) is 8.59. The molecule has 0 aromatic heterocycles. The molecule has 2 N–H and O–H groups in total. The molecule has 1 rings (SSSR count). The molecule has 1 aromatic carbocycles. The minimum atomic E-state index is -0.781. The number of carboxylic acid groups (broad SMARTS) is 1. The summed E-state index contributed by atoms with van der Waals surface area (Å²) < 4.78 is 0. The highest BCUT2D eigenvalue weighted by molar-refractivity contribution is 5.73. The Bertz CT molecular complexity index is 385. The zero-order valence-electron chi connectivity index (χ0n) is 11.0. The Balaban J connectivity index is 2.39. The molecule has 0 saturated carbocycles. The molecule has 0 spiro atoms. The van der Waals surface area contributed by atoms with Gasteiger partial charge in [0.25, 0.3) is 0 Å². The number of hydrogen-bond acceptors (Lipinski definition) is 2. The molecule has 3 nitrogen and oxygen atoms in total. The van der Waals surface area contributed by atoms with Crippen LogP contribution in [0.5, 0.6) is 0 Å². The van der Waals surface area contributed by atoms with Gasteiger partial charge in [-0.25, -0.2) is 0 Å². The van der Waals surface area contributed by atoms with Gasteiger partial charge in [-0.2, -0.15) is 0 Å². The van der Waals surface area contributed by atoms with Gasteiger partial charge in [0.05, 0.1) is 0 Å². The summed E-state index contributed by atoms with van der Waals surface area (Å²) in [6.45, 7) is 4.62. The van der Waals surface area contributed by atoms with E-state index in [0.29, 0.717) is 18.9 Å². The molecule has 0 unspecified atom stereocenters. The fourth-order valence-electron chi connectivity index (χ4n) is 1.71. The van der Waals surface area contributed by atoms with E-state index in [9.17, 15) is 4.79 Å². The Morgan fingerprint density at radius 3 is 2.56 bits per heavy atom. The van der Waals surface area contributed by atoms with E-state index in [0.717, 1.165) is 5.56 Å². The molecule has 0 aliphatic heterocycles. The van der Waals surface area contributed by atoms with Gasteiger partial charge < -0.3 is 10.4 Å². The minimum Gasteiger partial charge on any atom is -0.480 e. The molecule has 0 fully saturated rings. The smallest absolute Gasteiger partial charge is 0.320 e. The zero-order chi connectivity index (χ0) is 13.4. The molecule has 0 aliphatic carbocycles. The number of aliphatic carboxylic acids is 1. The molecular formula is C15H21NO2. The van der Waals surface area contributed by atoms with Crippen molar-refractivity contribution in [1.29, 1.82) is 0 Å². The maximum Gasteiger partial charge on any atom is 0.320 e. The van der Waals surface area contributed by atoms with Crippen molar-refractivity contribution < 1.29 is 9.90 Å². The van der Waals surface area contributed by atoms with Gasteiger partial charge in [0.15, 0.2) is 0 Å². The van der Waals surface area contributed by atoms with E-state index < -0.39 is 12.0 Å². The lowest BCUT2D eigenvalue weighted by Crippen LogP contribution is -2.37. The van der Waals surface area contributed by atoms with Gasteiger partial charge in [0.2, 0.25) is 0 Å². The van der Waals surface area contributed by atoms with E-state index in [1.807, 2.05) is 56.3 Å². The second kappa shape index (κ2) is 7.67. The van der Waals surface area contributed by atoms with Gasteiger partial charge in [-0.3, -0.25) is 4.79 Å². The monoisotopic (exact) mass is 247 g/mol. The summed E-state index contributed by atoms with van der Waals surface area (Å²) in [6.07, 6.45) is 4.58. The third-order valence-corrected chi connectivity index (χ3v) is 2.60. The summed E-state index contributed by atoms with van der Waals surface area (Å²) >= 11 is 0. The number of rotatable bonds is 7. The molecule has 1 aromatic rings. The van der Waals surface area contributed by atoms with Crippen molar-refractivity contribution in [3.63, 3.8) is 0 Å². The van der Waals surface area contributed by atoms with Crippen molar-refractivity contribution in [2.24, 2.45) is 5.92 Å². The van der Waals surface area contributed by atoms with Crippen molar-refractivity contribution in [2.45, 2.75) is 26.3 Å². The van der Waals surface area contributed by atoms with E-state index in [2.05, 4.69) is 5.32 Å². The zero-order valence-corrected chi connectivity index (χ0v) is 11.0. The highest BCUT2D eigenvalue weighted by atomic mass is 16.4. The van der Waals surface area contributed by atoms with E-state index in [1.54, 1.807) is 0 Å². The van der Waals surface area contributed by atoms with E-state index in [-0.39, 0.29) is 0 Å².